The van der Waals surface area contributed by atoms with Crippen LogP contribution < -0.4 is 0 Å². The van der Waals surface area contributed by atoms with Crippen molar-refractivity contribution in [2.24, 2.45) is 15.9 Å². The van der Waals surface area contributed by atoms with Crippen molar-refractivity contribution in [2.75, 3.05) is 14.2 Å². The van der Waals surface area contributed by atoms with E-state index in [-0.39, 0.29) is 11.4 Å². The van der Waals surface area contributed by atoms with Crippen molar-refractivity contribution in [2.45, 2.75) is 5.50 Å². The first kappa shape index (κ1) is 10.2. The second-order valence-electron chi connectivity index (χ2n) is 3.16. The van der Waals surface area contributed by atoms with Crippen LogP contribution in [0.3, 0.4) is 0 Å². The SMILES string of the molecule is COC1=CC2=NC=NC(Cl)C2C=C1OC. The van der Waals surface area contributed by atoms with E-state index in [4.69, 9.17) is 21.1 Å². The molecule has 0 saturated carbocycles. The maximum atomic E-state index is 6.05. The number of nitrogens with zero attached hydrogens (tertiary/aromatic N) is 2. The first-order valence-corrected chi connectivity index (χ1v) is 4.95. The number of hydrogen-bond acceptors (Lipinski definition) is 4. The molecule has 0 amide bonds. The summed E-state index contributed by atoms with van der Waals surface area (Å²) in [6.07, 6.45) is 5.18. The van der Waals surface area contributed by atoms with E-state index in [1.807, 2.05) is 12.2 Å². The van der Waals surface area contributed by atoms with Gasteiger partial charge in [0.1, 0.15) is 11.8 Å². The van der Waals surface area contributed by atoms with E-state index in [1.54, 1.807) is 14.2 Å². The molecule has 1 aliphatic carbocycles. The van der Waals surface area contributed by atoms with Gasteiger partial charge in [-0.15, -0.1) is 0 Å². The van der Waals surface area contributed by atoms with Crippen molar-refractivity contribution in [1.82, 2.24) is 0 Å². The Balaban J connectivity index is 2.37. The van der Waals surface area contributed by atoms with Crippen molar-refractivity contribution in [3.63, 3.8) is 0 Å². The van der Waals surface area contributed by atoms with Gasteiger partial charge in [0.05, 0.1) is 25.8 Å². The molecule has 2 unspecified atom stereocenters. The normalized spacial score (nSPS) is 28.6. The molecular formula is C10H11ClN2O2. The van der Waals surface area contributed by atoms with E-state index in [9.17, 15) is 0 Å². The number of halogens is 1. The number of allylic oxidation sites excluding steroid dienone is 1. The summed E-state index contributed by atoms with van der Waals surface area (Å²) in [6, 6.07) is 0. The first-order chi connectivity index (χ1) is 7.26. The van der Waals surface area contributed by atoms with E-state index in [2.05, 4.69) is 9.98 Å². The summed E-state index contributed by atoms with van der Waals surface area (Å²) < 4.78 is 10.4. The Morgan fingerprint density at radius 3 is 2.67 bits per heavy atom. The average Bonchev–Trinajstić information content (AvgIpc) is 2.28. The van der Waals surface area contributed by atoms with Gasteiger partial charge in [0, 0.05) is 6.08 Å². The lowest BCUT2D eigenvalue weighted by Gasteiger charge is -2.24. The molecule has 15 heavy (non-hydrogen) atoms. The fourth-order valence-corrected chi connectivity index (χ4v) is 1.81. The van der Waals surface area contributed by atoms with Crippen molar-refractivity contribution < 1.29 is 9.47 Å². The fraction of sp³-hybridized carbons (Fsp3) is 0.400. The van der Waals surface area contributed by atoms with Crippen LogP contribution in [-0.2, 0) is 9.47 Å². The van der Waals surface area contributed by atoms with Gasteiger partial charge in [0.25, 0.3) is 0 Å². The molecule has 2 aliphatic rings. The Morgan fingerprint density at radius 2 is 2.00 bits per heavy atom. The molecule has 1 aliphatic heterocycles. The molecule has 0 radical (unpaired) electrons. The summed E-state index contributed by atoms with van der Waals surface area (Å²) in [7, 11) is 3.19. The smallest absolute Gasteiger partial charge is 0.162 e. The highest BCUT2D eigenvalue weighted by molar-refractivity contribution is 6.24. The third kappa shape index (κ3) is 1.77. The third-order valence-corrected chi connectivity index (χ3v) is 2.73. The molecule has 0 bridgehead atoms. The zero-order valence-electron chi connectivity index (χ0n) is 8.48. The predicted molar refractivity (Wildman–Crippen MR) is 59.2 cm³/mol. The largest absolute Gasteiger partial charge is 0.493 e. The minimum absolute atomic E-state index is 0.0366. The lowest BCUT2D eigenvalue weighted by atomic mass is 9.95. The zero-order chi connectivity index (χ0) is 10.8. The summed E-state index contributed by atoms with van der Waals surface area (Å²) in [5, 5.41) is 0. The number of aliphatic imine (C=N–C) groups is 2. The Bertz CT molecular complexity index is 385. The van der Waals surface area contributed by atoms with Crippen LogP contribution in [0.2, 0.25) is 0 Å². The highest BCUT2D eigenvalue weighted by atomic mass is 35.5. The van der Waals surface area contributed by atoms with Crippen LogP contribution >= 0.6 is 11.6 Å². The van der Waals surface area contributed by atoms with Crippen LogP contribution in [0.5, 0.6) is 0 Å². The third-order valence-electron chi connectivity index (χ3n) is 2.35. The van der Waals surface area contributed by atoms with E-state index in [0.29, 0.717) is 11.5 Å². The van der Waals surface area contributed by atoms with Gasteiger partial charge in [0.2, 0.25) is 0 Å². The van der Waals surface area contributed by atoms with Gasteiger partial charge in [-0.05, 0) is 6.08 Å². The van der Waals surface area contributed by atoms with Crippen molar-refractivity contribution in [3.8, 4) is 0 Å². The Hall–Kier alpha value is -1.29. The number of ether oxygens (including phenoxy) is 2. The molecule has 0 fully saturated rings. The number of methoxy groups -OCH3 is 2. The zero-order valence-corrected chi connectivity index (χ0v) is 9.23. The van der Waals surface area contributed by atoms with Crippen LogP contribution in [0.1, 0.15) is 0 Å². The summed E-state index contributed by atoms with van der Waals surface area (Å²) in [5.41, 5.74) is 0.528. The van der Waals surface area contributed by atoms with Crippen LogP contribution in [0.4, 0.5) is 0 Å². The molecule has 0 spiro atoms. The van der Waals surface area contributed by atoms with Crippen molar-refractivity contribution in [1.29, 1.82) is 0 Å². The highest BCUT2D eigenvalue weighted by Gasteiger charge is 2.29. The van der Waals surface area contributed by atoms with Gasteiger partial charge in [-0.25, -0.2) is 4.99 Å². The Morgan fingerprint density at radius 1 is 1.27 bits per heavy atom. The molecule has 0 saturated heterocycles. The van der Waals surface area contributed by atoms with Crippen LogP contribution in [0.25, 0.3) is 0 Å². The monoisotopic (exact) mass is 226 g/mol. The predicted octanol–water partition coefficient (Wildman–Crippen LogP) is 1.72. The Kier molecular flexibility index (Phi) is 2.77. The van der Waals surface area contributed by atoms with E-state index in [0.717, 1.165) is 5.71 Å². The van der Waals surface area contributed by atoms with Crippen LogP contribution in [0, 0.1) is 5.92 Å². The van der Waals surface area contributed by atoms with Gasteiger partial charge in [-0.2, -0.15) is 0 Å². The standard InChI is InChI=1S/C10H11ClN2O2/c1-14-8-3-6-7(4-9(8)15-2)12-5-13-10(6)11/h3-6,10H,1-2H3. The topological polar surface area (TPSA) is 43.2 Å². The molecule has 0 aromatic heterocycles. The molecular weight excluding hydrogens is 216 g/mol. The van der Waals surface area contributed by atoms with Crippen molar-refractivity contribution in [3.05, 3.63) is 23.7 Å². The number of alkyl halides is 1. The molecule has 2 atom stereocenters. The summed E-state index contributed by atoms with van der Waals surface area (Å²) in [4.78, 5) is 8.17. The summed E-state index contributed by atoms with van der Waals surface area (Å²) in [6.45, 7) is 0. The Labute approximate surface area is 93.0 Å². The molecule has 80 valence electrons. The molecule has 1 heterocycles. The average molecular weight is 227 g/mol. The van der Waals surface area contributed by atoms with Gasteiger partial charge in [-0.3, -0.25) is 4.99 Å². The minimum Gasteiger partial charge on any atom is -0.493 e. The first-order valence-electron chi connectivity index (χ1n) is 4.51. The molecule has 2 rings (SSSR count). The number of fused-ring (bicyclic) bond motifs is 1. The number of rotatable bonds is 2. The summed E-state index contributed by atoms with van der Waals surface area (Å²) >= 11 is 6.05. The maximum absolute atomic E-state index is 6.05. The van der Waals surface area contributed by atoms with Gasteiger partial charge < -0.3 is 9.47 Å². The highest BCUT2D eigenvalue weighted by Crippen LogP contribution is 2.28. The van der Waals surface area contributed by atoms with Crippen LogP contribution in [-0.4, -0.2) is 31.8 Å². The summed E-state index contributed by atoms with van der Waals surface area (Å²) in [5.74, 6) is 1.29. The molecule has 5 heteroatoms. The lowest BCUT2D eigenvalue weighted by Crippen LogP contribution is -2.27. The van der Waals surface area contributed by atoms with E-state index < -0.39 is 0 Å². The molecule has 0 N–H and O–H groups in total. The molecule has 0 aromatic rings. The molecule has 0 aromatic carbocycles. The second-order valence-corrected chi connectivity index (χ2v) is 3.61. The van der Waals surface area contributed by atoms with Crippen molar-refractivity contribution >= 4 is 23.7 Å². The number of hydrogen-bond donors (Lipinski definition) is 0. The molecule has 4 nitrogen and oxygen atoms in total. The second kappa shape index (κ2) is 4.06. The fourth-order valence-electron chi connectivity index (χ4n) is 1.56. The van der Waals surface area contributed by atoms with Crippen LogP contribution in [0.15, 0.2) is 33.7 Å². The maximum Gasteiger partial charge on any atom is 0.162 e. The van der Waals surface area contributed by atoms with Gasteiger partial charge in [-0.1, -0.05) is 11.6 Å². The van der Waals surface area contributed by atoms with E-state index in [1.165, 1.54) is 6.34 Å². The lowest BCUT2D eigenvalue weighted by molar-refractivity contribution is 0.217. The van der Waals surface area contributed by atoms with E-state index >= 15 is 0 Å². The van der Waals surface area contributed by atoms with Gasteiger partial charge >= 0.3 is 0 Å². The minimum atomic E-state index is -0.322. The quantitative estimate of drug-likeness (QED) is 0.532. The van der Waals surface area contributed by atoms with Gasteiger partial charge in [0.15, 0.2) is 11.5 Å².